The van der Waals surface area contributed by atoms with Crippen molar-refractivity contribution in [2.75, 3.05) is 11.3 Å². The van der Waals surface area contributed by atoms with Crippen LogP contribution < -0.4 is 4.72 Å². The fourth-order valence-electron chi connectivity index (χ4n) is 2.89. The molecule has 0 aromatic heterocycles. The van der Waals surface area contributed by atoms with Gasteiger partial charge in [-0.3, -0.25) is 9.52 Å². The Bertz CT molecular complexity index is 941. The fourth-order valence-corrected chi connectivity index (χ4v) is 4.24. The minimum atomic E-state index is -3.74. The first-order valence-electron chi connectivity index (χ1n) is 7.93. The van der Waals surface area contributed by atoms with Gasteiger partial charge in [-0.05, 0) is 54.3 Å². The number of hydrogen-bond acceptors (Lipinski definition) is 3. The molecule has 0 saturated heterocycles. The summed E-state index contributed by atoms with van der Waals surface area (Å²) in [4.78, 5) is 13.5. The topological polar surface area (TPSA) is 66.5 Å². The van der Waals surface area contributed by atoms with Crippen LogP contribution in [-0.2, 0) is 27.8 Å². The number of nitrogens with one attached hydrogen (secondary N) is 1. The van der Waals surface area contributed by atoms with Gasteiger partial charge in [0.2, 0.25) is 5.91 Å². The maximum Gasteiger partial charge on any atom is 0.261 e. The number of nitrogens with zero attached hydrogens (tertiary/aromatic N) is 1. The van der Waals surface area contributed by atoms with Gasteiger partial charge in [0.15, 0.2) is 0 Å². The Balaban J connectivity index is 1.92. The van der Waals surface area contributed by atoms with Gasteiger partial charge in [0.05, 0.1) is 10.6 Å². The second kappa shape index (κ2) is 6.69. The van der Waals surface area contributed by atoms with E-state index in [1.165, 1.54) is 6.92 Å². The molecule has 0 saturated carbocycles. The van der Waals surface area contributed by atoms with Gasteiger partial charge in [-0.25, -0.2) is 8.42 Å². The largest absolute Gasteiger partial charge is 0.338 e. The second-order valence-electron chi connectivity index (χ2n) is 6.14. The molecule has 1 N–H and O–H groups in total. The molecule has 0 fully saturated rings. The Morgan fingerprint density at radius 2 is 1.96 bits per heavy atom. The van der Waals surface area contributed by atoms with E-state index in [2.05, 4.69) is 4.72 Å². The Hall–Kier alpha value is -2.05. The van der Waals surface area contributed by atoms with E-state index >= 15 is 0 Å². The summed E-state index contributed by atoms with van der Waals surface area (Å²) in [5.74, 6) is -0.00779. The Labute approximate surface area is 152 Å². The molecule has 0 radical (unpaired) electrons. The van der Waals surface area contributed by atoms with Crippen LogP contribution >= 0.6 is 11.6 Å². The van der Waals surface area contributed by atoms with Gasteiger partial charge in [0.1, 0.15) is 0 Å². The van der Waals surface area contributed by atoms with E-state index in [4.69, 9.17) is 11.6 Å². The summed E-state index contributed by atoms with van der Waals surface area (Å²) in [5.41, 5.74) is 3.08. The average molecular weight is 379 g/mol. The van der Waals surface area contributed by atoms with Gasteiger partial charge in [-0.15, -0.1) is 0 Å². The van der Waals surface area contributed by atoms with E-state index < -0.39 is 10.0 Å². The van der Waals surface area contributed by atoms with Crippen molar-refractivity contribution < 1.29 is 13.2 Å². The minimum Gasteiger partial charge on any atom is -0.338 e. The number of amides is 1. The molecule has 0 spiro atoms. The predicted octanol–water partition coefficient (Wildman–Crippen LogP) is 3.35. The van der Waals surface area contributed by atoms with Crippen molar-refractivity contribution in [3.8, 4) is 0 Å². The van der Waals surface area contributed by atoms with Crippen LogP contribution in [0.1, 0.15) is 23.6 Å². The first-order valence-corrected chi connectivity index (χ1v) is 9.79. The van der Waals surface area contributed by atoms with Gasteiger partial charge in [-0.1, -0.05) is 23.7 Å². The smallest absolute Gasteiger partial charge is 0.261 e. The molecule has 132 valence electrons. The number of fused-ring (bicyclic) bond motifs is 1. The minimum absolute atomic E-state index is 0.00779. The fraction of sp³-hybridized carbons (Fsp3) is 0.278. The number of rotatable bonds is 3. The Morgan fingerprint density at radius 1 is 1.20 bits per heavy atom. The lowest BCUT2D eigenvalue weighted by atomic mass is 10.00. The van der Waals surface area contributed by atoms with E-state index in [0.717, 1.165) is 17.5 Å². The summed E-state index contributed by atoms with van der Waals surface area (Å²) in [5, 5.41) is 0.503. The summed E-state index contributed by atoms with van der Waals surface area (Å²) >= 11 is 6.06. The molecular weight excluding hydrogens is 360 g/mol. The highest BCUT2D eigenvalue weighted by molar-refractivity contribution is 7.92. The van der Waals surface area contributed by atoms with E-state index in [0.29, 0.717) is 29.4 Å². The first kappa shape index (κ1) is 17.8. The molecular formula is C18H19ClN2O3S. The number of carbonyl (C=O) groups is 1. The van der Waals surface area contributed by atoms with Gasteiger partial charge in [0, 0.05) is 25.0 Å². The highest BCUT2D eigenvalue weighted by atomic mass is 35.5. The van der Waals surface area contributed by atoms with Crippen LogP contribution in [-0.4, -0.2) is 25.8 Å². The first-order chi connectivity index (χ1) is 11.8. The monoisotopic (exact) mass is 378 g/mol. The number of anilines is 1. The van der Waals surface area contributed by atoms with Crippen LogP contribution in [0.2, 0.25) is 5.02 Å². The molecule has 1 aliphatic rings. The highest BCUT2D eigenvalue weighted by Gasteiger charge is 2.22. The van der Waals surface area contributed by atoms with Crippen molar-refractivity contribution in [1.82, 2.24) is 4.90 Å². The SMILES string of the molecule is CC(=O)N1CCc2ccc(S(=O)(=O)Nc3cccc(Cl)c3C)cc2C1. The molecule has 0 aliphatic carbocycles. The summed E-state index contributed by atoms with van der Waals surface area (Å²) in [6.07, 6.45) is 0.732. The van der Waals surface area contributed by atoms with Gasteiger partial charge in [0.25, 0.3) is 10.0 Å². The van der Waals surface area contributed by atoms with E-state index in [1.54, 1.807) is 42.2 Å². The lowest BCUT2D eigenvalue weighted by Gasteiger charge is -2.28. The normalized spacial score (nSPS) is 14.1. The average Bonchev–Trinajstić information content (AvgIpc) is 2.57. The number of halogens is 1. The Morgan fingerprint density at radius 3 is 2.68 bits per heavy atom. The molecule has 0 bridgehead atoms. The quantitative estimate of drug-likeness (QED) is 0.890. The van der Waals surface area contributed by atoms with Crippen molar-refractivity contribution in [3.05, 3.63) is 58.1 Å². The molecule has 3 rings (SSSR count). The molecule has 0 unspecified atom stereocenters. The molecule has 2 aromatic rings. The van der Waals surface area contributed by atoms with Crippen LogP contribution in [0.15, 0.2) is 41.3 Å². The van der Waals surface area contributed by atoms with Crippen LogP contribution in [0.25, 0.3) is 0 Å². The zero-order chi connectivity index (χ0) is 18.2. The molecule has 25 heavy (non-hydrogen) atoms. The van der Waals surface area contributed by atoms with E-state index in [-0.39, 0.29) is 10.8 Å². The maximum absolute atomic E-state index is 12.7. The Kier molecular flexibility index (Phi) is 4.75. The zero-order valence-electron chi connectivity index (χ0n) is 14.0. The molecule has 1 heterocycles. The van der Waals surface area contributed by atoms with E-state index in [1.807, 2.05) is 6.07 Å². The van der Waals surface area contributed by atoms with Gasteiger partial charge < -0.3 is 4.90 Å². The highest BCUT2D eigenvalue weighted by Crippen LogP contribution is 2.27. The van der Waals surface area contributed by atoms with Gasteiger partial charge >= 0.3 is 0 Å². The van der Waals surface area contributed by atoms with Crippen LogP contribution in [0.4, 0.5) is 5.69 Å². The van der Waals surface area contributed by atoms with Crippen molar-refractivity contribution in [1.29, 1.82) is 0 Å². The molecule has 5 nitrogen and oxygen atoms in total. The molecule has 1 aliphatic heterocycles. The number of carbonyl (C=O) groups excluding carboxylic acids is 1. The number of hydrogen-bond donors (Lipinski definition) is 1. The third-order valence-electron chi connectivity index (χ3n) is 4.46. The molecule has 1 amide bonds. The standard InChI is InChI=1S/C18H19ClN2O3S/c1-12-17(19)4-3-5-18(12)20-25(23,24)16-7-6-14-8-9-21(13(2)22)11-15(14)10-16/h3-7,10,20H,8-9,11H2,1-2H3. The van der Waals surface area contributed by atoms with Crippen molar-refractivity contribution >= 4 is 33.2 Å². The summed E-state index contributed by atoms with van der Waals surface area (Å²) < 4.78 is 28.1. The van der Waals surface area contributed by atoms with Crippen LogP contribution in [0, 0.1) is 6.92 Å². The van der Waals surface area contributed by atoms with Crippen LogP contribution in [0.3, 0.4) is 0 Å². The number of benzene rings is 2. The van der Waals surface area contributed by atoms with Gasteiger partial charge in [-0.2, -0.15) is 0 Å². The molecule has 0 atom stereocenters. The summed E-state index contributed by atoms with van der Waals surface area (Å²) in [6, 6.07) is 10.2. The molecule has 7 heteroatoms. The van der Waals surface area contributed by atoms with Crippen molar-refractivity contribution in [3.63, 3.8) is 0 Å². The number of sulfonamides is 1. The lowest BCUT2D eigenvalue weighted by Crippen LogP contribution is -2.34. The zero-order valence-corrected chi connectivity index (χ0v) is 15.6. The third kappa shape index (κ3) is 3.65. The van der Waals surface area contributed by atoms with Crippen molar-refractivity contribution in [2.45, 2.75) is 31.7 Å². The summed E-state index contributed by atoms with van der Waals surface area (Å²) in [7, 11) is -3.74. The third-order valence-corrected chi connectivity index (χ3v) is 6.23. The van der Waals surface area contributed by atoms with Crippen molar-refractivity contribution in [2.24, 2.45) is 0 Å². The second-order valence-corrected chi connectivity index (χ2v) is 8.23. The molecule has 2 aromatic carbocycles. The van der Waals surface area contributed by atoms with E-state index in [9.17, 15) is 13.2 Å². The predicted molar refractivity (Wildman–Crippen MR) is 98.2 cm³/mol. The summed E-state index contributed by atoms with van der Waals surface area (Å²) in [6.45, 7) is 4.38. The lowest BCUT2D eigenvalue weighted by molar-refractivity contribution is -0.129. The van der Waals surface area contributed by atoms with Crippen LogP contribution in [0.5, 0.6) is 0 Å². The maximum atomic E-state index is 12.7.